The number of ether oxygens (including phenoxy) is 1. The topological polar surface area (TPSA) is 31.2 Å². The van der Waals surface area contributed by atoms with Gasteiger partial charge in [0.25, 0.3) is 6.43 Å². The van der Waals surface area contributed by atoms with Gasteiger partial charge in [-0.05, 0) is 11.8 Å². The third kappa shape index (κ3) is 5.07. The maximum atomic E-state index is 14.2. The summed E-state index contributed by atoms with van der Waals surface area (Å²) in [5.41, 5.74) is -1.76. The van der Waals surface area contributed by atoms with Crippen molar-refractivity contribution in [1.29, 1.82) is 0 Å². The maximum Gasteiger partial charge on any atom is 0.256 e. The quantitative estimate of drug-likeness (QED) is 0.395. The van der Waals surface area contributed by atoms with Crippen molar-refractivity contribution in [3.8, 4) is 17.0 Å². The molecule has 1 heterocycles. The van der Waals surface area contributed by atoms with Crippen LogP contribution in [0.1, 0.15) is 0 Å². The Bertz CT molecular complexity index is 731. The molecule has 1 aromatic carbocycles. The van der Waals surface area contributed by atoms with Gasteiger partial charge >= 0.3 is 0 Å². The van der Waals surface area contributed by atoms with Gasteiger partial charge in [-0.2, -0.15) is 12.1 Å². The van der Waals surface area contributed by atoms with Gasteiger partial charge in [0.05, 0.1) is 18.2 Å². The van der Waals surface area contributed by atoms with Crippen molar-refractivity contribution < 1.29 is 55.0 Å². The number of rotatable bonds is 6. The van der Waals surface area contributed by atoms with E-state index in [0.29, 0.717) is 4.57 Å². The van der Waals surface area contributed by atoms with E-state index in [1.165, 1.54) is 11.8 Å². The fourth-order valence-corrected chi connectivity index (χ4v) is 2.24. The molecule has 0 N–H and O–H groups in total. The second-order valence-electron chi connectivity index (χ2n) is 4.48. The minimum atomic E-state index is -2.85. The molecule has 2 aromatic rings. The Morgan fingerprint density at radius 1 is 1.29 bits per heavy atom. The predicted molar refractivity (Wildman–Crippen MR) is 79.9 cm³/mol. The van der Waals surface area contributed by atoms with E-state index in [-0.39, 0.29) is 50.1 Å². The van der Waals surface area contributed by atoms with Crippen LogP contribution in [-0.4, -0.2) is 23.2 Å². The standard InChI is InChI=1S/C15H12F4NO2S.Y/c1-23-8-22-9-5-10(16)15(11(17)6-9)12-3-2-4-14(21)20(12)7-13(18)19;/h2,4-6,13H,7-8H2,1H3;/q-1;. The summed E-state index contributed by atoms with van der Waals surface area (Å²) in [6, 6.07) is 6.46. The molecule has 0 atom stereocenters. The number of aromatic nitrogens is 1. The third-order valence-corrected chi connectivity index (χ3v) is 3.25. The molecular formula is C15H12F4NO2SY-. The fourth-order valence-electron chi connectivity index (χ4n) is 1.98. The van der Waals surface area contributed by atoms with Crippen LogP contribution in [-0.2, 0) is 39.3 Å². The first-order valence-electron chi connectivity index (χ1n) is 6.45. The first-order chi connectivity index (χ1) is 10.9. The average Bonchev–Trinajstić information content (AvgIpc) is 2.47. The summed E-state index contributed by atoms with van der Waals surface area (Å²) in [7, 11) is 0. The smallest absolute Gasteiger partial charge is 0.256 e. The van der Waals surface area contributed by atoms with Gasteiger partial charge < -0.3 is 9.30 Å². The molecule has 0 aliphatic carbocycles. The van der Waals surface area contributed by atoms with Crippen LogP contribution in [0.5, 0.6) is 5.75 Å². The molecule has 1 radical (unpaired) electrons. The van der Waals surface area contributed by atoms with Crippen LogP contribution in [0.25, 0.3) is 11.3 Å². The maximum absolute atomic E-state index is 14.2. The van der Waals surface area contributed by atoms with Gasteiger partial charge in [-0.1, -0.05) is 11.8 Å². The number of pyridine rings is 1. The predicted octanol–water partition coefficient (Wildman–Crippen LogP) is 3.56. The monoisotopic (exact) mass is 435 g/mol. The van der Waals surface area contributed by atoms with Crippen molar-refractivity contribution in [2.45, 2.75) is 13.0 Å². The first-order valence-corrected chi connectivity index (χ1v) is 7.84. The molecular weight excluding hydrogens is 423 g/mol. The number of benzene rings is 1. The summed E-state index contributed by atoms with van der Waals surface area (Å²) in [4.78, 5) is 11.7. The summed E-state index contributed by atoms with van der Waals surface area (Å²) < 4.78 is 59.4. The molecule has 0 bridgehead atoms. The summed E-state index contributed by atoms with van der Waals surface area (Å²) in [5, 5.41) is 0. The summed E-state index contributed by atoms with van der Waals surface area (Å²) in [6.45, 7) is -0.977. The Kier molecular flexibility index (Phi) is 8.46. The van der Waals surface area contributed by atoms with Crippen LogP contribution >= 0.6 is 11.8 Å². The van der Waals surface area contributed by atoms with Crippen molar-refractivity contribution in [3.63, 3.8) is 0 Å². The van der Waals surface area contributed by atoms with E-state index in [1.807, 2.05) is 0 Å². The molecule has 0 fully saturated rings. The molecule has 0 spiro atoms. The van der Waals surface area contributed by atoms with Gasteiger partial charge in [0.15, 0.2) is 5.56 Å². The van der Waals surface area contributed by atoms with E-state index in [4.69, 9.17) is 4.74 Å². The second kappa shape index (κ2) is 9.58. The van der Waals surface area contributed by atoms with E-state index in [2.05, 4.69) is 6.07 Å². The molecule has 0 saturated heterocycles. The van der Waals surface area contributed by atoms with Crippen LogP contribution < -0.4 is 10.3 Å². The van der Waals surface area contributed by atoms with Crippen molar-refractivity contribution >= 4 is 11.8 Å². The third-order valence-electron chi connectivity index (χ3n) is 2.90. The molecule has 24 heavy (non-hydrogen) atoms. The zero-order chi connectivity index (χ0) is 17.0. The first kappa shape index (κ1) is 21.2. The normalized spacial score (nSPS) is 10.6. The number of thioether (sulfide) groups is 1. The SMILES string of the molecule is CSCOc1cc(F)c(-c2[c-]ccc(=O)n2CC(F)F)c(F)c1.[Y]. The van der Waals surface area contributed by atoms with Crippen LogP contribution in [0.4, 0.5) is 17.6 Å². The van der Waals surface area contributed by atoms with E-state index in [0.717, 1.165) is 24.3 Å². The Hall–Kier alpha value is -0.856. The van der Waals surface area contributed by atoms with E-state index in [1.54, 1.807) is 6.26 Å². The van der Waals surface area contributed by atoms with Crippen molar-refractivity contribution in [1.82, 2.24) is 4.57 Å². The molecule has 9 heteroatoms. The van der Waals surface area contributed by atoms with Crippen LogP contribution in [0, 0.1) is 17.7 Å². The molecule has 127 valence electrons. The van der Waals surface area contributed by atoms with Crippen molar-refractivity contribution in [2.24, 2.45) is 0 Å². The number of alkyl halides is 2. The molecule has 0 unspecified atom stereocenters. The molecule has 3 nitrogen and oxygen atoms in total. The molecule has 0 aliphatic heterocycles. The van der Waals surface area contributed by atoms with Crippen LogP contribution in [0.3, 0.4) is 0 Å². The largest absolute Gasteiger partial charge is 0.483 e. The number of hydrogen-bond acceptors (Lipinski definition) is 3. The van der Waals surface area contributed by atoms with Gasteiger partial charge in [-0.25, -0.2) is 17.6 Å². The molecule has 0 amide bonds. The zero-order valence-corrected chi connectivity index (χ0v) is 16.2. The molecule has 1 aromatic heterocycles. The van der Waals surface area contributed by atoms with Crippen molar-refractivity contribution in [2.75, 3.05) is 12.2 Å². The zero-order valence-electron chi connectivity index (χ0n) is 12.6. The van der Waals surface area contributed by atoms with Gasteiger partial charge in [-0.15, -0.1) is 11.8 Å². The fraction of sp³-hybridized carbons (Fsp3) is 0.267. The van der Waals surface area contributed by atoms with Gasteiger partial charge in [0.1, 0.15) is 11.7 Å². The minimum Gasteiger partial charge on any atom is -0.483 e. The Labute approximate surface area is 165 Å². The average molecular weight is 435 g/mol. The summed E-state index contributed by atoms with van der Waals surface area (Å²) in [6.07, 6.45) is -1.10. The Morgan fingerprint density at radius 3 is 2.46 bits per heavy atom. The van der Waals surface area contributed by atoms with E-state index < -0.39 is 35.7 Å². The number of halogens is 4. The Morgan fingerprint density at radius 2 is 1.92 bits per heavy atom. The molecule has 0 aliphatic rings. The van der Waals surface area contributed by atoms with Crippen LogP contribution in [0.2, 0.25) is 0 Å². The second-order valence-corrected chi connectivity index (χ2v) is 5.29. The van der Waals surface area contributed by atoms with Crippen LogP contribution in [0.15, 0.2) is 29.1 Å². The summed E-state index contributed by atoms with van der Waals surface area (Å²) >= 11 is 1.32. The summed E-state index contributed by atoms with van der Waals surface area (Å²) in [5.74, 6) is -1.88. The molecule has 0 saturated carbocycles. The van der Waals surface area contributed by atoms with Crippen molar-refractivity contribution in [3.05, 3.63) is 52.3 Å². The number of nitrogens with zero attached hydrogens (tertiary/aromatic N) is 1. The van der Waals surface area contributed by atoms with Gasteiger partial charge in [0, 0.05) is 44.8 Å². The van der Waals surface area contributed by atoms with E-state index in [9.17, 15) is 22.4 Å². The van der Waals surface area contributed by atoms with Gasteiger partial charge in [-0.3, -0.25) is 4.79 Å². The Balaban J connectivity index is 0.00000288. The number of hydrogen-bond donors (Lipinski definition) is 0. The van der Waals surface area contributed by atoms with E-state index >= 15 is 0 Å². The van der Waals surface area contributed by atoms with Gasteiger partial charge in [0.2, 0.25) is 0 Å². The minimum absolute atomic E-state index is 0. The molecule has 2 rings (SSSR count).